The number of para-hydroxylation sites is 2. The molecular formula is C79H62N2S2Si2. The molecule has 0 spiro atoms. The van der Waals surface area contributed by atoms with E-state index < -0.39 is 16.1 Å². The zero-order valence-corrected chi connectivity index (χ0v) is 52.2. The Morgan fingerprint density at radius 1 is 0.294 bits per heavy atom. The third-order valence-electron chi connectivity index (χ3n) is 18.5. The Morgan fingerprint density at radius 3 is 1.24 bits per heavy atom. The van der Waals surface area contributed by atoms with Crippen molar-refractivity contribution in [1.29, 1.82) is 0 Å². The zero-order chi connectivity index (χ0) is 57.3. The molecule has 0 saturated heterocycles. The highest BCUT2D eigenvalue weighted by Crippen LogP contribution is 2.63. The Bertz CT molecular complexity index is 5130. The van der Waals surface area contributed by atoms with E-state index in [4.69, 9.17) is 0 Å². The van der Waals surface area contributed by atoms with Crippen molar-refractivity contribution in [1.82, 2.24) is 0 Å². The van der Waals surface area contributed by atoms with Crippen LogP contribution in [-0.2, 0) is 4.66 Å². The van der Waals surface area contributed by atoms with Gasteiger partial charge in [0.2, 0.25) is 0 Å². The molecule has 1 aliphatic carbocycles. The third-order valence-corrected chi connectivity index (χ3v) is 30.9. The molecule has 6 heteroatoms. The Morgan fingerprint density at radius 2 is 0.718 bits per heavy atom. The standard InChI is InChI=1S/C79H62N2S2Si2/c1-84(2,3)79(85(4,5)6)75-60-46-39-53(51-35-42-58(43-36-51)80(56-21-9-7-10-22-56)70-31-19-29-66-62-26-15-17-33-72(62)82-77(66)70)49-55(60)41-48-68(75)74-64-28-14-13-25-61(64)69-50-54(40-47-65(69)76(74)79)52-37-44-59(45-38-52)81(57-23-11-8-12-24-57)71-32-20-30-67-63-27-16-18-34-73(63)83-78(67)71/h7-50H,1-6H3. The summed E-state index contributed by atoms with van der Waals surface area (Å²) in [6, 6.07) is 100. The Hall–Kier alpha value is -8.89. The largest absolute Gasteiger partial charge is 0.309 e. The van der Waals surface area contributed by atoms with Gasteiger partial charge in [-0.05, 0) is 162 Å². The molecule has 85 heavy (non-hydrogen) atoms. The second-order valence-corrected chi connectivity index (χ2v) is 38.3. The van der Waals surface area contributed by atoms with Crippen molar-refractivity contribution in [3.05, 3.63) is 278 Å². The van der Waals surface area contributed by atoms with Gasteiger partial charge >= 0.3 is 0 Å². The molecule has 2 heterocycles. The molecule has 0 radical (unpaired) electrons. The van der Waals surface area contributed by atoms with Gasteiger partial charge in [-0.1, -0.05) is 221 Å². The minimum atomic E-state index is -2.14. The number of rotatable bonds is 10. The SMILES string of the molecule is C[Si](C)(C)C1([Si](C)(C)C)c2c(ccc3cc(-c4ccc(N(c5ccccc5)c5cccc6c5sc5ccccc56)cc4)ccc23)-c2c1c1ccc(-c3ccc(N(c4ccccc4)c4cccc5c4sc4ccccc45)cc3)cc1c1ccccc21. The Labute approximate surface area is 507 Å². The highest BCUT2D eigenvalue weighted by molar-refractivity contribution is 7.26. The molecular weight excluding hydrogens is 1100 g/mol. The van der Waals surface area contributed by atoms with E-state index in [9.17, 15) is 0 Å². The van der Waals surface area contributed by atoms with Gasteiger partial charge in [0.05, 0.1) is 36.9 Å². The first-order valence-corrected chi connectivity index (χ1v) is 38.4. The number of hydrogen-bond donors (Lipinski definition) is 0. The second-order valence-electron chi connectivity index (χ2n) is 25.2. The van der Waals surface area contributed by atoms with E-state index in [-0.39, 0.29) is 4.66 Å². The molecule has 408 valence electrons. The second kappa shape index (κ2) is 19.6. The van der Waals surface area contributed by atoms with Gasteiger partial charge in [-0.15, -0.1) is 22.7 Å². The van der Waals surface area contributed by atoms with Crippen LogP contribution >= 0.6 is 22.7 Å². The minimum Gasteiger partial charge on any atom is -0.309 e. The van der Waals surface area contributed by atoms with E-state index in [1.165, 1.54) is 117 Å². The molecule has 0 saturated carbocycles. The van der Waals surface area contributed by atoms with Crippen LogP contribution in [0.1, 0.15) is 11.1 Å². The topological polar surface area (TPSA) is 6.48 Å². The maximum Gasteiger partial charge on any atom is 0.0640 e. The fraction of sp³-hybridized carbons (Fsp3) is 0.0886. The lowest BCUT2D eigenvalue weighted by Crippen LogP contribution is -2.63. The normalized spacial score (nSPS) is 13.2. The van der Waals surface area contributed by atoms with E-state index in [1.807, 2.05) is 22.7 Å². The van der Waals surface area contributed by atoms with Crippen molar-refractivity contribution in [2.45, 2.75) is 43.9 Å². The maximum absolute atomic E-state index is 2.66. The first kappa shape index (κ1) is 51.7. The number of benzene rings is 13. The van der Waals surface area contributed by atoms with Crippen molar-refractivity contribution in [2.75, 3.05) is 9.80 Å². The maximum atomic E-state index is 2.66. The van der Waals surface area contributed by atoms with Crippen molar-refractivity contribution >= 4 is 146 Å². The molecule has 15 aromatic rings. The predicted molar refractivity (Wildman–Crippen MR) is 378 cm³/mol. The fourth-order valence-corrected chi connectivity index (χ4v) is 30.8. The van der Waals surface area contributed by atoms with Crippen LogP contribution in [0.3, 0.4) is 0 Å². The molecule has 1 aliphatic rings. The molecule has 0 N–H and O–H groups in total. The molecule has 0 unspecified atom stereocenters. The van der Waals surface area contributed by atoms with Crippen LogP contribution in [0, 0.1) is 0 Å². The predicted octanol–water partition coefficient (Wildman–Crippen LogP) is 24.2. The molecule has 2 aromatic heterocycles. The van der Waals surface area contributed by atoms with Gasteiger partial charge in [-0.25, -0.2) is 0 Å². The van der Waals surface area contributed by atoms with Gasteiger partial charge in [0.15, 0.2) is 0 Å². The molecule has 0 amide bonds. The molecule has 0 fully saturated rings. The van der Waals surface area contributed by atoms with Crippen LogP contribution in [0.2, 0.25) is 39.3 Å². The first-order chi connectivity index (χ1) is 41.4. The summed E-state index contributed by atoms with van der Waals surface area (Å²) < 4.78 is 5.11. The summed E-state index contributed by atoms with van der Waals surface area (Å²) in [4.78, 5) is 4.86. The number of thiophene rings is 2. The lowest BCUT2D eigenvalue weighted by molar-refractivity contribution is 0.973. The summed E-state index contributed by atoms with van der Waals surface area (Å²) in [5.74, 6) is 0. The van der Waals surface area contributed by atoms with Crippen molar-refractivity contribution < 1.29 is 0 Å². The number of anilines is 6. The summed E-state index contributed by atoms with van der Waals surface area (Å²) in [5.41, 5.74) is 17.9. The summed E-state index contributed by atoms with van der Waals surface area (Å²) in [5, 5.41) is 13.3. The van der Waals surface area contributed by atoms with E-state index in [0.717, 1.165) is 22.7 Å². The van der Waals surface area contributed by atoms with Crippen LogP contribution in [0.4, 0.5) is 34.1 Å². The smallest absolute Gasteiger partial charge is 0.0640 e. The van der Waals surface area contributed by atoms with Crippen LogP contribution in [-0.4, -0.2) is 16.1 Å². The van der Waals surface area contributed by atoms with Crippen molar-refractivity contribution in [3.63, 3.8) is 0 Å². The molecule has 0 atom stereocenters. The van der Waals surface area contributed by atoms with E-state index >= 15 is 0 Å². The van der Waals surface area contributed by atoms with Gasteiger partial charge in [-0.2, -0.15) is 0 Å². The third kappa shape index (κ3) is 7.92. The molecule has 0 aliphatic heterocycles. The van der Waals surface area contributed by atoms with E-state index in [2.05, 4.69) is 316 Å². The lowest BCUT2D eigenvalue weighted by Gasteiger charge is -2.52. The summed E-state index contributed by atoms with van der Waals surface area (Å²) >= 11 is 3.75. The van der Waals surface area contributed by atoms with Gasteiger partial charge in [0.1, 0.15) is 0 Å². The average molecular weight is 1160 g/mol. The Kier molecular flexibility index (Phi) is 11.9. The highest BCUT2D eigenvalue weighted by Gasteiger charge is 2.60. The quantitative estimate of drug-likeness (QED) is 0.0995. The number of nitrogens with zero attached hydrogens (tertiary/aromatic N) is 2. The van der Waals surface area contributed by atoms with Crippen LogP contribution in [0.25, 0.3) is 106 Å². The minimum absolute atomic E-state index is 0.102. The summed E-state index contributed by atoms with van der Waals surface area (Å²) in [6.07, 6.45) is 0. The monoisotopic (exact) mass is 1160 g/mol. The first-order valence-electron chi connectivity index (χ1n) is 29.7. The summed E-state index contributed by atoms with van der Waals surface area (Å²) in [6.45, 7) is 16.0. The van der Waals surface area contributed by atoms with Crippen molar-refractivity contribution in [2.24, 2.45) is 0 Å². The van der Waals surface area contributed by atoms with Crippen molar-refractivity contribution in [3.8, 4) is 33.4 Å². The zero-order valence-electron chi connectivity index (χ0n) is 48.6. The van der Waals surface area contributed by atoms with Gasteiger partial charge in [0.25, 0.3) is 0 Å². The fourth-order valence-electron chi connectivity index (χ4n) is 15.3. The molecule has 16 rings (SSSR count). The van der Waals surface area contributed by atoms with Gasteiger partial charge < -0.3 is 9.80 Å². The Balaban J connectivity index is 0.805. The van der Waals surface area contributed by atoms with Crippen LogP contribution in [0.15, 0.2) is 267 Å². The number of fused-ring (bicyclic) bond motifs is 16. The van der Waals surface area contributed by atoms with Gasteiger partial charge in [0, 0.05) is 58.4 Å². The highest BCUT2D eigenvalue weighted by atomic mass is 32.1. The molecule has 0 bridgehead atoms. The van der Waals surface area contributed by atoms with Gasteiger partial charge in [-0.3, -0.25) is 0 Å². The lowest BCUT2D eigenvalue weighted by atomic mass is 9.89. The van der Waals surface area contributed by atoms with E-state index in [1.54, 1.807) is 11.1 Å². The number of hydrogen-bond acceptors (Lipinski definition) is 4. The average Bonchev–Trinajstić information content (AvgIpc) is 1.89. The molecule has 2 nitrogen and oxygen atoms in total. The molecule has 13 aromatic carbocycles. The summed E-state index contributed by atoms with van der Waals surface area (Å²) in [7, 11) is -4.27. The van der Waals surface area contributed by atoms with Crippen LogP contribution in [0.5, 0.6) is 0 Å². The van der Waals surface area contributed by atoms with Crippen LogP contribution < -0.4 is 9.80 Å². The van der Waals surface area contributed by atoms with E-state index in [0.29, 0.717) is 0 Å².